The number of rotatable bonds is 4. The Morgan fingerprint density at radius 1 is 1.00 bits per heavy atom. The highest BCUT2D eigenvalue weighted by atomic mass is 16.3. The van der Waals surface area contributed by atoms with Crippen LogP contribution in [0, 0.1) is 0 Å². The Bertz CT molecular complexity index is 735. The Labute approximate surface area is 154 Å². The normalized spacial score (nSPS) is 15.2. The lowest BCUT2D eigenvalue weighted by Crippen LogP contribution is -2.37. The molecule has 26 heavy (non-hydrogen) atoms. The third-order valence-electron chi connectivity index (χ3n) is 4.87. The van der Waals surface area contributed by atoms with Crippen molar-refractivity contribution in [2.75, 3.05) is 26.2 Å². The van der Waals surface area contributed by atoms with Crippen molar-refractivity contribution in [3.8, 4) is 0 Å². The molecular formula is C21H26N2O3. The SMILES string of the molecule is CC(C)c1ccc(CC(=O)N2CCCN(C(=O)c3ccco3)CC2)cc1. The highest BCUT2D eigenvalue weighted by Gasteiger charge is 2.24. The second-order valence-electron chi connectivity index (χ2n) is 7.08. The molecule has 1 aromatic heterocycles. The van der Waals surface area contributed by atoms with Crippen molar-refractivity contribution in [3.05, 3.63) is 59.5 Å². The van der Waals surface area contributed by atoms with Gasteiger partial charge >= 0.3 is 0 Å². The van der Waals surface area contributed by atoms with Crippen LogP contribution < -0.4 is 0 Å². The summed E-state index contributed by atoms with van der Waals surface area (Å²) >= 11 is 0. The van der Waals surface area contributed by atoms with Crippen LogP contribution in [0.4, 0.5) is 0 Å². The fraction of sp³-hybridized carbons (Fsp3) is 0.429. The molecule has 0 bridgehead atoms. The summed E-state index contributed by atoms with van der Waals surface area (Å²) in [6.07, 6.45) is 2.69. The lowest BCUT2D eigenvalue weighted by molar-refractivity contribution is -0.130. The number of nitrogens with zero attached hydrogens (tertiary/aromatic N) is 2. The second-order valence-corrected chi connectivity index (χ2v) is 7.08. The molecule has 0 aliphatic carbocycles. The van der Waals surface area contributed by atoms with Crippen molar-refractivity contribution < 1.29 is 14.0 Å². The van der Waals surface area contributed by atoms with Gasteiger partial charge in [0.1, 0.15) is 0 Å². The molecule has 1 aromatic carbocycles. The molecule has 0 atom stereocenters. The van der Waals surface area contributed by atoms with Crippen LogP contribution >= 0.6 is 0 Å². The number of amides is 2. The van der Waals surface area contributed by atoms with Crippen LogP contribution in [-0.4, -0.2) is 47.8 Å². The van der Waals surface area contributed by atoms with E-state index in [1.54, 1.807) is 17.0 Å². The van der Waals surface area contributed by atoms with E-state index in [1.165, 1.54) is 11.8 Å². The summed E-state index contributed by atoms with van der Waals surface area (Å²) in [4.78, 5) is 28.7. The molecule has 0 unspecified atom stereocenters. The Kier molecular flexibility index (Phi) is 5.76. The van der Waals surface area contributed by atoms with E-state index in [0.717, 1.165) is 12.0 Å². The molecule has 0 radical (unpaired) electrons. The molecule has 5 nitrogen and oxygen atoms in total. The van der Waals surface area contributed by atoms with Gasteiger partial charge in [0.05, 0.1) is 12.7 Å². The molecule has 3 rings (SSSR count). The zero-order valence-corrected chi connectivity index (χ0v) is 15.5. The minimum absolute atomic E-state index is 0.103. The zero-order valence-electron chi connectivity index (χ0n) is 15.5. The van der Waals surface area contributed by atoms with Crippen molar-refractivity contribution in [2.45, 2.75) is 32.6 Å². The van der Waals surface area contributed by atoms with Gasteiger partial charge in [-0.15, -0.1) is 0 Å². The number of carbonyl (C=O) groups is 2. The van der Waals surface area contributed by atoms with E-state index in [-0.39, 0.29) is 11.8 Å². The largest absolute Gasteiger partial charge is 0.459 e. The highest BCUT2D eigenvalue weighted by molar-refractivity contribution is 5.91. The summed E-state index contributed by atoms with van der Waals surface area (Å²) in [5, 5.41) is 0. The van der Waals surface area contributed by atoms with Gasteiger partial charge in [0.25, 0.3) is 5.91 Å². The van der Waals surface area contributed by atoms with Gasteiger partial charge in [-0.2, -0.15) is 0 Å². The van der Waals surface area contributed by atoms with E-state index in [1.807, 2.05) is 17.0 Å². The fourth-order valence-electron chi connectivity index (χ4n) is 3.23. The third-order valence-corrected chi connectivity index (χ3v) is 4.87. The first-order chi connectivity index (χ1) is 12.5. The molecular weight excluding hydrogens is 328 g/mol. The molecule has 5 heteroatoms. The van der Waals surface area contributed by atoms with Crippen LogP contribution in [0.15, 0.2) is 47.1 Å². The van der Waals surface area contributed by atoms with Gasteiger partial charge in [-0.25, -0.2) is 0 Å². The number of furan rings is 1. The van der Waals surface area contributed by atoms with Gasteiger partial charge < -0.3 is 14.2 Å². The Morgan fingerprint density at radius 2 is 1.69 bits per heavy atom. The minimum atomic E-state index is -0.103. The van der Waals surface area contributed by atoms with E-state index >= 15 is 0 Å². The summed E-state index contributed by atoms with van der Waals surface area (Å²) in [5.74, 6) is 0.862. The maximum absolute atomic E-state index is 12.6. The predicted molar refractivity (Wildman–Crippen MR) is 100 cm³/mol. The van der Waals surface area contributed by atoms with Gasteiger partial charge in [0.2, 0.25) is 5.91 Å². The Morgan fingerprint density at radius 3 is 2.35 bits per heavy atom. The standard InChI is InChI=1S/C21H26N2O3/c1-16(2)18-8-6-17(7-9-18)15-20(24)22-10-4-11-23(13-12-22)21(25)19-5-3-14-26-19/h3,5-9,14,16H,4,10-13,15H2,1-2H3. The first-order valence-corrected chi connectivity index (χ1v) is 9.24. The van der Waals surface area contributed by atoms with Crippen LogP contribution in [0.5, 0.6) is 0 Å². The van der Waals surface area contributed by atoms with Crippen LogP contribution in [-0.2, 0) is 11.2 Å². The molecule has 1 aliphatic rings. The van der Waals surface area contributed by atoms with Crippen molar-refractivity contribution in [1.82, 2.24) is 9.80 Å². The number of hydrogen-bond acceptors (Lipinski definition) is 3. The Balaban J connectivity index is 1.56. The van der Waals surface area contributed by atoms with Crippen LogP contribution in [0.3, 0.4) is 0 Å². The van der Waals surface area contributed by atoms with Crippen LogP contribution in [0.2, 0.25) is 0 Å². The van der Waals surface area contributed by atoms with E-state index in [9.17, 15) is 9.59 Å². The topological polar surface area (TPSA) is 53.8 Å². The lowest BCUT2D eigenvalue weighted by atomic mass is 10.0. The molecule has 0 saturated carbocycles. The summed E-state index contributed by atoms with van der Waals surface area (Å²) in [6, 6.07) is 11.7. The first-order valence-electron chi connectivity index (χ1n) is 9.24. The maximum atomic E-state index is 12.6. The Hall–Kier alpha value is -2.56. The molecule has 2 heterocycles. The van der Waals surface area contributed by atoms with Crippen LogP contribution in [0.25, 0.3) is 0 Å². The summed E-state index contributed by atoms with van der Waals surface area (Å²) < 4.78 is 5.20. The minimum Gasteiger partial charge on any atom is -0.459 e. The van der Waals surface area contributed by atoms with Crippen molar-refractivity contribution >= 4 is 11.8 Å². The lowest BCUT2D eigenvalue weighted by Gasteiger charge is -2.22. The van der Waals surface area contributed by atoms with Gasteiger partial charge in [0.15, 0.2) is 5.76 Å². The zero-order chi connectivity index (χ0) is 18.5. The van der Waals surface area contributed by atoms with Gasteiger partial charge in [0, 0.05) is 26.2 Å². The van der Waals surface area contributed by atoms with Crippen molar-refractivity contribution in [2.24, 2.45) is 0 Å². The van der Waals surface area contributed by atoms with E-state index in [2.05, 4.69) is 26.0 Å². The average molecular weight is 354 g/mol. The molecule has 1 aliphatic heterocycles. The van der Waals surface area contributed by atoms with Gasteiger partial charge in [-0.1, -0.05) is 38.1 Å². The van der Waals surface area contributed by atoms with Gasteiger partial charge in [-0.3, -0.25) is 9.59 Å². The molecule has 2 aromatic rings. The average Bonchev–Trinajstić information content (AvgIpc) is 3.06. The summed E-state index contributed by atoms with van der Waals surface area (Å²) in [5.41, 5.74) is 2.32. The molecule has 2 amide bonds. The summed E-state index contributed by atoms with van der Waals surface area (Å²) in [7, 11) is 0. The molecule has 138 valence electrons. The van der Waals surface area contributed by atoms with Crippen molar-refractivity contribution in [3.63, 3.8) is 0 Å². The number of carbonyl (C=O) groups excluding carboxylic acids is 2. The predicted octanol–water partition coefficient (Wildman–Crippen LogP) is 3.32. The third kappa shape index (κ3) is 4.34. The van der Waals surface area contributed by atoms with Gasteiger partial charge in [-0.05, 0) is 35.6 Å². The van der Waals surface area contributed by atoms with Crippen molar-refractivity contribution in [1.29, 1.82) is 0 Å². The number of hydrogen-bond donors (Lipinski definition) is 0. The second kappa shape index (κ2) is 8.21. The molecule has 1 fully saturated rings. The monoisotopic (exact) mass is 354 g/mol. The molecule has 1 saturated heterocycles. The first kappa shape index (κ1) is 18.2. The smallest absolute Gasteiger partial charge is 0.289 e. The molecule has 0 spiro atoms. The quantitative estimate of drug-likeness (QED) is 0.846. The highest BCUT2D eigenvalue weighted by Crippen LogP contribution is 2.16. The van der Waals surface area contributed by atoms with E-state index < -0.39 is 0 Å². The van der Waals surface area contributed by atoms with Crippen LogP contribution in [0.1, 0.15) is 47.9 Å². The summed E-state index contributed by atoms with van der Waals surface area (Å²) in [6.45, 7) is 6.75. The maximum Gasteiger partial charge on any atom is 0.289 e. The van der Waals surface area contributed by atoms with E-state index in [4.69, 9.17) is 4.42 Å². The number of benzene rings is 1. The molecule has 0 N–H and O–H groups in total. The fourth-order valence-corrected chi connectivity index (χ4v) is 3.23. The van der Waals surface area contributed by atoms with E-state index in [0.29, 0.717) is 44.3 Å².